The van der Waals surface area contributed by atoms with E-state index in [4.69, 9.17) is 4.42 Å². The van der Waals surface area contributed by atoms with Gasteiger partial charge in [0.1, 0.15) is 11.3 Å². The van der Waals surface area contributed by atoms with Gasteiger partial charge in [0, 0.05) is 12.5 Å². The van der Waals surface area contributed by atoms with Crippen LogP contribution in [0.1, 0.15) is 38.0 Å². The number of carbonyl (C=O) groups excluding carboxylic acids is 1. The quantitative estimate of drug-likeness (QED) is 0.681. The molecule has 134 valence electrons. The Morgan fingerprint density at radius 3 is 2.85 bits per heavy atom. The Morgan fingerprint density at radius 2 is 2.12 bits per heavy atom. The largest absolute Gasteiger partial charge is 0.467 e. The molecule has 0 aliphatic heterocycles. The SMILES string of the molecule is C[C@H](c1ccco1)N(C(=O)CCn1nnc2ccccc2c1=O)C1CC1. The van der Waals surface area contributed by atoms with Crippen molar-refractivity contribution in [3.8, 4) is 0 Å². The molecule has 2 aromatic heterocycles. The van der Waals surface area contributed by atoms with Crippen LogP contribution in [0.5, 0.6) is 0 Å². The van der Waals surface area contributed by atoms with Crippen molar-refractivity contribution in [2.45, 2.75) is 44.8 Å². The molecule has 26 heavy (non-hydrogen) atoms. The highest BCUT2D eigenvalue weighted by molar-refractivity contribution is 5.78. The first-order valence-electron chi connectivity index (χ1n) is 8.82. The van der Waals surface area contributed by atoms with Gasteiger partial charge in [0.05, 0.1) is 24.2 Å². The second kappa shape index (κ2) is 6.74. The van der Waals surface area contributed by atoms with E-state index in [0.717, 1.165) is 18.6 Å². The predicted molar refractivity (Wildman–Crippen MR) is 95.4 cm³/mol. The predicted octanol–water partition coefficient (Wildman–Crippen LogP) is 2.53. The van der Waals surface area contributed by atoms with E-state index in [1.54, 1.807) is 24.5 Å². The minimum Gasteiger partial charge on any atom is -0.467 e. The molecule has 1 aliphatic carbocycles. The fraction of sp³-hybridized carbons (Fsp3) is 0.368. The molecular formula is C19H20N4O3. The van der Waals surface area contributed by atoms with E-state index < -0.39 is 0 Å². The number of nitrogens with zero attached hydrogens (tertiary/aromatic N) is 4. The summed E-state index contributed by atoms with van der Waals surface area (Å²) in [6.07, 6.45) is 3.83. The zero-order chi connectivity index (χ0) is 18.1. The molecule has 1 saturated carbocycles. The Labute approximate surface area is 150 Å². The van der Waals surface area contributed by atoms with E-state index in [9.17, 15) is 9.59 Å². The molecule has 0 bridgehead atoms. The van der Waals surface area contributed by atoms with Crippen molar-refractivity contribution >= 4 is 16.8 Å². The third-order valence-corrected chi connectivity index (χ3v) is 4.77. The number of hydrogen-bond donors (Lipinski definition) is 0. The van der Waals surface area contributed by atoms with Crippen LogP contribution in [-0.4, -0.2) is 31.8 Å². The lowest BCUT2D eigenvalue weighted by Gasteiger charge is -2.28. The zero-order valence-corrected chi connectivity index (χ0v) is 14.5. The van der Waals surface area contributed by atoms with Gasteiger partial charge in [-0.3, -0.25) is 9.59 Å². The van der Waals surface area contributed by atoms with Crippen LogP contribution in [0.25, 0.3) is 10.9 Å². The lowest BCUT2D eigenvalue weighted by Crippen LogP contribution is -2.37. The number of carbonyl (C=O) groups is 1. The second-order valence-corrected chi connectivity index (χ2v) is 6.61. The van der Waals surface area contributed by atoms with Gasteiger partial charge in [0.15, 0.2) is 0 Å². The molecule has 0 spiro atoms. The van der Waals surface area contributed by atoms with Crippen molar-refractivity contribution in [2.75, 3.05) is 0 Å². The van der Waals surface area contributed by atoms with E-state index in [-0.39, 0.29) is 36.5 Å². The molecule has 3 aromatic rings. The summed E-state index contributed by atoms with van der Waals surface area (Å²) >= 11 is 0. The van der Waals surface area contributed by atoms with Crippen molar-refractivity contribution in [3.05, 3.63) is 58.8 Å². The Hall–Kier alpha value is -2.96. The number of fused-ring (bicyclic) bond motifs is 1. The van der Waals surface area contributed by atoms with Crippen LogP contribution < -0.4 is 5.56 Å². The molecule has 0 saturated heterocycles. The highest BCUT2D eigenvalue weighted by Gasteiger charge is 2.36. The summed E-state index contributed by atoms with van der Waals surface area (Å²) in [4.78, 5) is 27.2. The van der Waals surface area contributed by atoms with E-state index in [1.165, 1.54) is 4.68 Å². The van der Waals surface area contributed by atoms with E-state index in [2.05, 4.69) is 10.3 Å². The summed E-state index contributed by atoms with van der Waals surface area (Å²) in [5.41, 5.74) is 0.339. The maximum atomic E-state index is 12.8. The van der Waals surface area contributed by atoms with Crippen LogP contribution in [0, 0.1) is 0 Å². The average molecular weight is 352 g/mol. The van der Waals surface area contributed by atoms with Crippen molar-refractivity contribution in [1.29, 1.82) is 0 Å². The lowest BCUT2D eigenvalue weighted by atomic mass is 10.2. The van der Waals surface area contributed by atoms with Gasteiger partial charge in [-0.1, -0.05) is 17.3 Å². The normalized spacial score (nSPS) is 15.1. The Kier molecular flexibility index (Phi) is 4.28. The summed E-state index contributed by atoms with van der Waals surface area (Å²) in [7, 11) is 0. The first-order valence-corrected chi connectivity index (χ1v) is 8.82. The van der Waals surface area contributed by atoms with E-state index >= 15 is 0 Å². The minimum absolute atomic E-state index is 0.00161. The monoisotopic (exact) mass is 352 g/mol. The molecular weight excluding hydrogens is 332 g/mol. The molecule has 0 N–H and O–H groups in total. The maximum Gasteiger partial charge on any atom is 0.277 e. The number of rotatable bonds is 6. The molecule has 2 heterocycles. The minimum atomic E-state index is -0.222. The number of furan rings is 1. The average Bonchev–Trinajstić information content (AvgIpc) is 3.32. The molecule has 4 rings (SSSR count). The van der Waals surface area contributed by atoms with Gasteiger partial charge >= 0.3 is 0 Å². The van der Waals surface area contributed by atoms with Crippen molar-refractivity contribution in [2.24, 2.45) is 0 Å². The zero-order valence-electron chi connectivity index (χ0n) is 14.5. The second-order valence-electron chi connectivity index (χ2n) is 6.61. The summed E-state index contributed by atoms with van der Waals surface area (Å²) in [5.74, 6) is 0.770. The number of benzene rings is 1. The van der Waals surface area contributed by atoms with Crippen LogP contribution in [0.2, 0.25) is 0 Å². The van der Waals surface area contributed by atoms with Gasteiger partial charge in [-0.05, 0) is 44.0 Å². The summed E-state index contributed by atoms with van der Waals surface area (Å²) in [6, 6.07) is 10.9. The molecule has 7 heteroatoms. The molecule has 7 nitrogen and oxygen atoms in total. The Morgan fingerprint density at radius 1 is 1.31 bits per heavy atom. The highest BCUT2D eigenvalue weighted by atomic mass is 16.3. The first-order chi connectivity index (χ1) is 12.6. The van der Waals surface area contributed by atoms with Crippen molar-refractivity contribution in [1.82, 2.24) is 19.9 Å². The summed E-state index contributed by atoms with van der Waals surface area (Å²) < 4.78 is 6.73. The van der Waals surface area contributed by atoms with Gasteiger partial charge in [0.25, 0.3) is 5.56 Å². The molecule has 0 radical (unpaired) electrons. The Balaban J connectivity index is 1.51. The Bertz CT molecular complexity index is 976. The number of aromatic nitrogens is 3. The number of hydrogen-bond acceptors (Lipinski definition) is 5. The smallest absolute Gasteiger partial charge is 0.277 e. The van der Waals surface area contributed by atoms with Gasteiger partial charge in [-0.2, -0.15) is 0 Å². The van der Waals surface area contributed by atoms with Crippen LogP contribution in [0.3, 0.4) is 0 Å². The first kappa shape index (κ1) is 16.5. The van der Waals surface area contributed by atoms with Crippen molar-refractivity contribution in [3.63, 3.8) is 0 Å². The number of aryl methyl sites for hydroxylation is 1. The summed E-state index contributed by atoms with van der Waals surface area (Å²) in [6.45, 7) is 2.18. The third-order valence-electron chi connectivity index (χ3n) is 4.77. The van der Waals surface area contributed by atoms with Crippen molar-refractivity contribution < 1.29 is 9.21 Å². The highest BCUT2D eigenvalue weighted by Crippen LogP contribution is 2.35. The van der Waals surface area contributed by atoms with Gasteiger partial charge in [0.2, 0.25) is 5.91 Å². The molecule has 1 aromatic carbocycles. The molecule has 1 fully saturated rings. The third kappa shape index (κ3) is 3.12. The lowest BCUT2D eigenvalue weighted by molar-refractivity contribution is -0.134. The van der Waals surface area contributed by atoms with Crippen LogP contribution in [0.4, 0.5) is 0 Å². The number of amides is 1. The van der Waals surface area contributed by atoms with E-state index in [0.29, 0.717) is 10.9 Å². The van der Waals surface area contributed by atoms with Crippen LogP contribution in [0.15, 0.2) is 51.9 Å². The fourth-order valence-electron chi connectivity index (χ4n) is 3.26. The fourth-order valence-corrected chi connectivity index (χ4v) is 3.26. The molecule has 0 unspecified atom stereocenters. The van der Waals surface area contributed by atoms with Gasteiger partial charge < -0.3 is 9.32 Å². The topological polar surface area (TPSA) is 81.2 Å². The molecule has 1 amide bonds. The maximum absolute atomic E-state index is 12.8. The van der Waals surface area contributed by atoms with Gasteiger partial charge in [-0.25, -0.2) is 4.68 Å². The summed E-state index contributed by atoms with van der Waals surface area (Å²) in [5, 5.41) is 8.53. The standard InChI is InChI=1S/C19H20N4O3/c1-13(17-7-4-12-26-17)23(14-8-9-14)18(24)10-11-22-19(25)15-5-2-3-6-16(15)20-21-22/h2-7,12-14H,8-11H2,1H3/t13-/m1/s1. The van der Waals surface area contributed by atoms with Crippen LogP contribution in [-0.2, 0) is 11.3 Å². The molecule has 1 aliphatic rings. The van der Waals surface area contributed by atoms with E-state index in [1.807, 2.05) is 30.0 Å². The van der Waals surface area contributed by atoms with Crippen LogP contribution >= 0.6 is 0 Å². The van der Waals surface area contributed by atoms with Gasteiger partial charge in [-0.15, -0.1) is 5.10 Å². The molecule has 1 atom stereocenters.